The molecule has 0 aromatic carbocycles. The first kappa shape index (κ1) is 17.3. The van der Waals surface area contributed by atoms with Crippen molar-refractivity contribution < 1.29 is 4.79 Å². The minimum atomic E-state index is 0.139. The molecule has 1 amide bonds. The molecule has 0 atom stereocenters. The Morgan fingerprint density at radius 2 is 1.58 bits per heavy atom. The number of nitrogens with zero attached hydrogens (tertiary/aromatic N) is 5. The number of thiophene rings is 1. The normalized spacial score (nSPS) is 19.0. The molecule has 4 heterocycles. The lowest BCUT2D eigenvalue weighted by Crippen LogP contribution is -2.49. The maximum Gasteiger partial charge on any atom is 0.264 e. The van der Waals surface area contributed by atoms with Crippen molar-refractivity contribution in [1.29, 1.82) is 0 Å². The molecule has 0 aliphatic carbocycles. The summed E-state index contributed by atoms with van der Waals surface area (Å²) in [6, 6.07) is 7.97. The smallest absolute Gasteiger partial charge is 0.264 e. The highest BCUT2D eigenvalue weighted by atomic mass is 32.1. The van der Waals surface area contributed by atoms with Crippen LogP contribution in [0.15, 0.2) is 29.6 Å². The van der Waals surface area contributed by atoms with Crippen LogP contribution >= 0.6 is 11.3 Å². The highest BCUT2D eigenvalue weighted by Gasteiger charge is 2.24. The summed E-state index contributed by atoms with van der Waals surface area (Å²) < 4.78 is 0. The highest BCUT2D eigenvalue weighted by Crippen LogP contribution is 2.22. The molecule has 4 rings (SSSR count). The summed E-state index contributed by atoms with van der Waals surface area (Å²) in [5.74, 6) is 2.83. The molecule has 0 N–H and O–H groups in total. The molecule has 6 nitrogen and oxygen atoms in total. The van der Waals surface area contributed by atoms with Gasteiger partial charge in [0.15, 0.2) is 11.6 Å². The lowest BCUT2D eigenvalue weighted by atomic mass is 9.99. The second-order valence-electron chi connectivity index (χ2n) is 7.18. The van der Waals surface area contributed by atoms with E-state index in [1.54, 1.807) is 0 Å². The van der Waals surface area contributed by atoms with E-state index in [1.165, 1.54) is 24.2 Å². The summed E-state index contributed by atoms with van der Waals surface area (Å²) in [6.45, 7) is 7.50. The number of hydrogen-bond acceptors (Lipinski definition) is 6. The van der Waals surface area contributed by atoms with E-state index < -0.39 is 0 Å². The van der Waals surface area contributed by atoms with Crippen molar-refractivity contribution >= 4 is 28.9 Å². The average Bonchev–Trinajstić information content (AvgIpc) is 3.23. The first-order chi connectivity index (χ1) is 12.7. The Bertz CT molecular complexity index is 717. The van der Waals surface area contributed by atoms with Crippen LogP contribution in [0.5, 0.6) is 0 Å². The van der Waals surface area contributed by atoms with Crippen molar-refractivity contribution in [2.24, 2.45) is 5.92 Å². The monoisotopic (exact) mass is 371 g/mol. The second kappa shape index (κ2) is 7.61. The van der Waals surface area contributed by atoms with E-state index in [0.717, 1.165) is 61.7 Å². The molecule has 0 radical (unpaired) electrons. The Balaban J connectivity index is 1.34. The van der Waals surface area contributed by atoms with Crippen molar-refractivity contribution in [3.8, 4) is 0 Å². The predicted molar refractivity (Wildman–Crippen MR) is 105 cm³/mol. The average molecular weight is 372 g/mol. The second-order valence-corrected chi connectivity index (χ2v) is 8.12. The maximum atomic E-state index is 12.4. The van der Waals surface area contributed by atoms with Gasteiger partial charge in [-0.1, -0.05) is 13.0 Å². The van der Waals surface area contributed by atoms with Gasteiger partial charge in [-0.15, -0.1) is 21.5 Å². The first-order valence-corrected chi connectivity index (χ1v) is 10.2. The minimum Gasteiger partial charge on any atom is -0.355 e. The molecule has 2 aromatic rings. The molecule has 0 bridgehead atoms. The zero-order chi connectivity index (χ0) is 17.9. The highest BCUT2D eigenvalue weighted by molar-refractivity contribution is 7.12. The zero-order valence-corrected chi connectivity index (χ0v) is 16.0. The number of piperidine rings is 1. The van der Waals surface area contributed by atoms with Crippen LogP contribution in [0.25, 0.3) is 0 Å². The SMILES string of the molecule is CC1CCN(c2ccc(N3CCN(C(=O)c4cccs4)CC3)nn2)CC1. The van der Waals surface area contributed by atoms with E-state index in [9.17, 15) is 4.79 Å². The quantitative estimate of drug-likeness (QED) is 0.830. The van der Waals surface area contributed by atoms with Crippen molar-refractivity contribution in [2.45, 2.75) is 19.8 Å². The molecule has 26 heavy (non-hydrogen) atoms. The van der Waals surface area contributed by atoms with Crippen LogP contribution in [0.4, 0.5) is 11.6 Å². The van der Waals surface area contributed by atoms with Crippen LogP contribution in [0.2, 0.25) is 0 Å². The van der Waals surface area contributed by atoms with E-state index in [2.05, 4.69) is 39.1 Å². The zero-order valence-electron chi connectivity index (χ0n) is 15.2. The topological polar surface area (TPSA) is 52.6 Å². The van der Waals surface area contributed by atoms with Crippen molar-refractivity contribution in [1.82, 2.24) is 15.1 Å². The molecule has 0 spiro atoms. The molecule has 0 unspecified atom stereocenters. The number of aromatic nitrogens is 2. The van der Waals surface area contributed by atoms with Gasteiger partial charge in [0.1, 0.15) is 0 Å². The van der Waals surface area contributed by atoms with Crippen molar-refractivity contribution in [3.05, 3.63) is 34.5 Å². The van der Waals surface area contributed by atoms with E-state index in [4.69, 9.17) is 0 Å². The van der Waals surface area contributed by atoms with Gasteiger partial charge in [-0.3, -0.25) is 4.79 Å². The number of anilines is 2. The molecule has 2 fully saturated rings. The van der Waals surface area contributed by atoms with Gasteiger partial charge in [-0.2, -0.15) is 0 Å². The van der Waals surface area contributed by atoms with Gasteiger partial charge in [0.2, 0.25) is 0 Å². The minimum absolute atomic E-state index is 0.139. The Labute approximate surface area is 158 Å². The third-order valence-corrected chi connectivity index (χ3v) is 6.22. The lowest BCUT2D eigenvalue weighted by Gasteiger charge is -2.35. The van der Waals surface area contributed by atoms with Crippen LogP contribution in [0.1, 0.15) is 29.4 Å². The van der Waals surface area contributed by atoms with Crippen LogP contribution in [-0.4, -0.2) is 60.3 Å². The fourth-order valence-electron chi connectivity index (χ4n) is 3.59. The number of amides is 1. The summed E-state index contributed by atoms with van der Waals surface area (Å²) in [6.07, 6.45) is 2.45. The fraction of sp³-hybridized carbons (Fsp3) is 0.526. The molecular formula is C19H25N5OS. The largest absolute Gasteiger partial charge is 0.355 e. The molecule has 138 valence electrons. The fourth-order valence-corrected chi connectivity index (χ4v) is 4.28. The van der Waals surface area contributed by atoms with Crippen molar-refractivity contribution in [3.63, 3.8) is 0 Å². The van der Waals surface area contributed by atoms with E-state index in [0.29, 0.717) is 0 Å². The van der Waals surface area contributed by atoms with Crippen LogP contribution < -0.4 is 9.80 Å². The number of piperazine rings is 1. The Morgan fingerprint density at radius 3 is 2.12 bits per heavy atom. The standard InChI is InChI=1S/C19H25N5OS/c1-15-6-8-22(9-7-15)17-4-5-18(21-20-17)23-10-12-24(13-11-23)19(25)16-3-2-14-26-16/h2-5,14-15H,6-13H2,1H3. The lowest BCUT2D eigenvalue weighted by molar-refractivity contribution is 0.0751. The molecule has 7 heteroatoms. The van der Waals surface area contributed by atoms with Gasteiger partial charge in [0.05, 0.1) is 4.88 Å². The molecule has 2 aliphatic rings. The van der Waals surface area contributed by atoms with Gasteiger partial charge in [0, 0.05) is 39.3 Å². The van der Waals surface area contributed by atoms with Crippen LogP contribution in [0.3, 0.4) is 0 Å². The van der Waals surface area contributed by atoms with E-state index in [1.807, 2.05) is 22.4 Å². The maximum absolute atomic E-state index is 12.4. The summed E-state index contributed by atoms with van der Waals surface area (Å²) in [5, 5.41) is 10.9. The number of carbonyl (C=O) groups excluding carboxylic acids is 1. The molecule has 2 aliphatic heterocycles. The van der Waals surface area contributed by atoms with Gasteiger partial charge >= 0.3 is 0 Å². The summed E-state index contributed by atoms with van der Waals surface area (Å²) in [4.78, 5) is 19.7. The third-order valence-electron chi connectivity index (χ3n) is 5.37. The Hall–Kier alpha value is -2.15. The van der Waals surface area contributed by atoms with Crippen molar-refractivity contribution in [2.75, 3.05) is 49.1 Å². The molecule has 0 saturated carbocycles. The van der Waals surface area contributed by atoms with Crippen LogP contribution in [0, 0.1) is 5.92 Å². The molecule has 2 saturated heterocycles. The third kappa shape index (κ3) is 3.67. The first-order valence-electron chi connectivity index (χ1n) is 9.37. The van der Waals surface area contributed by atoms with E-state index in [-0.39, 0.29) is 5.91 Å². The number of hydrogen-bond donors (Lipinski definition) is 0. The van der Waals surface area contributed by atoms with Crippen LogP contribution in [-0.2, 0) is 0 Å². The van der Waals surface area contributed by atoms with Gasteiger partial charge in [-0.25, -0.2) is 0 Å². The summed E-state index contributed by atoms with van der Waals surface area (Å²) >= 11 is 1.51. The number of carbonyl (C=O) groups is 1. The summed E-state index contributed by atoms with van der Waals surface area (Å²) in [5.41, 5.74) is 0. The summed E-state index contributed by atoms with van der Waals surface area (Å²) in [7, 11) is 0. The van der Waals surface area contributed by atoms with Gasteiger partial charge in [0.25, 0.3) is 5.91 Å². The number of rotatable bonds is 3. The molecular weight excluding hydrogens is 346 g/mol. The van der Waals surface area contributed by atoms with Gasteiger partial charge in [-0.05, 0) is 42.3 Å². The Kier molecular flexibility index (Phi) is 5.06. The Morgan fingerprint density at radius 1 is 0.962 bits per heavy atom. The van der Waals surface area contributed by atoms with E-state index >= 15 is 0 Å². The van der Waals surface area contributed by atoms with Gasteiger partial charge < -0.3 is 14.7 Å². The predicted octanol–water partition coefficient (Wildman–Crippen LogP) is 2.74. The molecule has 2 aromatic heterocycles.